The van der Waals surface area contributed by atoms with Gasteiger partial charge in [0.05, 0.1) is 18.2 Å². The number of nitrogens with zero attached hydrogens (tertiary/aromatic N) is 3. The minimum absolute atomic E-state index is 0.0490. The maximum Gasteiger partial charge on any atom is 0.410 e. The van der Waals surface area contributed by atoms with Gasteiger partial charge in [-0.25, -0.2) is 4.79 Å². The van der Waals surface area contributed by atoms with Gasteiger partial charge < -0.3 is 20.1 Å². The molecule has 1 aromatic heterocycles. The summed E-state index contributed by atoms with van der Waals surface area (Å²) in [6, 6.07) is 0. The molecule has 2 N–H and O–H groups in total. The molecule has 23 heavy (non-hydrogen) atoms. The molecule has 1 aliphatic rings. The van der Waals surface area contributed by atoms with Gasteiger partial charge in [-0.05, 0) is 20.8 Å². The number of aliphatic carboxylic acids is 1. The van der Waals surface area contributed by atoms with Crippen molar-refractivity contribution >= 4 is 12.1 Å². The minimum atomic E-state index is -0.896. The molecule has 1 fully saturated rings. The fourth-order valence-electron chi connectivity index (χ4n) is 2.57. The third-order valence-electron chi connectivity index (χ3n) is 3.55. The number of nitrogens with one attached hydrogen (secondary N) is 1. The van der Waals surface area contributed by atoms with E-state index in [1.54, 1.807) is 31.6 Å². The zero-order valence-corrected chi connectivity index (χ0v) is 14.0. The first-order chi connectivity index (χ1) is 10.6. The molecule has 0 atom stereocenters. The maximum absolute atomic E-state index is 12.0. The zero-order chi connectivity index (χ0) is 17.3. The molecule has 0 radical (unpaired) electrons. The molecule has 1 amide bonds. The smallest absolute Gasteiger partial charge is 0.410 e. The molecule has 0 unspecified atom stereocenters. The molecule has 0 bridgehead atoms. The summed E-state index contributed by atoms with van der Waals surface area (Å²) in [5, 5.41) is 16.5. The molecule has 0 aliphatic carbocycles. The number of likely N-dealkylation sites (tertiary alicyclic amines) is 1. The third kappa shape index (κ3) is 4.69. The van der Waals surface area contributed by atoms with E-state index in [0.717, 1.165) is 5.56 Å². The summed E-state index contributed by atoms with van der Waals surface area (Å²) < 4.78 is 6.99. The Labute approximate surface area is 135 Å². The van der Waals surface area contributed by atoms with Crippen LogP contribution in [-0.2, 0) is 23.1 Å². The number of aryl methyl sites for hydroxylation is 1. The number of carbonyl (C=O) groups excluding carboxylic acids is 1. The van der Waals surface area contributed by atoms with Gasteiger partial charge in [0.1, 0.15) is 5.60 Å². The van der Waals surface area contributed by atoms with Crippen LogP contribution in [0.2, 0.25) is 0 Å². The van der Waals surface area contributed by atoms with Crippen LogP contribution in [0.5, 0.6) is 0 Å². The van der Waals surface area contributed by atoms with E-state index >= 15 is 0 Å². The Morgan fingerprint density at radius 2 is 2.09 bits per heavy atom. The van der Waals surface area contributed by atoms with Crippen LogP contribution in [0.3, 0.4) is 0 Å². The average Bonchev–Trinajstić information content (AvgIpc) is 2.75. The van der Waals surface area contributed by atoms with E-state index in [-0.39, 0.29) is 6.42 Å². The van der Waals surface area contributed by atoms with Crippen LogP contribution in [0.1, 0.15) is 32.8 Å². The molecular weight excluding hydrogens is 300 g/mol. The average molecular weight is 324 g/mol. The van der Waals surface area contributed by atoms with Crippen molar-refractivity contribution in [3.05, 3.63) is 18.0 Å². The Hall–Kier alpha value is -2.09. The van der Waals surface area contributed by atoms with E-state index in [0.29, 0.717) is 19.6 Å². The van der Waals surface area contributed by atoms with Crippen molar-refractivity contribution in [2.75, 3.05) is 13.1 Å². The van der Waals surface area contributed by atoms with Crippen molar-refractivity contribution < 1.29 is 19.4 Å². The molecule has 2 heterocycles. The lowest BCUT2D eigenvalue weighted by molar-refractivity contribution is -0.141. The number of aromatic nitrogens is 2. The van der Waals surface area contributed by atoms with Crippen LogP contribution < -0.4 is 5.32 Å². The van der Waals surface area contributed by atoms with Crippen LogP contribution in [0.25, 0.3) is 0 Å². The fourth-order valence-corrected chi connectivity index (χ4v) is 2.57. The van der Waals surface area contributed by atoms with E-state index in [1.807, 2.05) is 13.2 Å². The Balaban J connectivity index is 1.94. The van der Waals surface area contributed by atoms with Gasteiger partial charge in [-0.2, -0.15) is 5.10 Å². The highest BCUT2D eigenvalue weighted by atomic mass is 16.6. The molecule has 2 rings (SSSR count). The Morgan fingerprint density at radius 1 is 1.43 bits per heavy atom. The molecule has 0 spiro atoms. The third-order valence-corrected chi connectivity index (χ3v) is 3.55. The van der Waals surface area contributed by atoms with Gasteiger partial charge in [0.25, 0.3) is 0 Å². The molecule has 8 heteroatoms. The van der Waals surface area contributed by atoms with E-state index in [2.05, 4.69) is 10.4 Å². The van der Waals surface area contributed by atoms with Gasteiger partial charge in [0.15, 0.2) is 0 Å². The van der Waals surface area contributed by atoms with Gasteiger partial charge in [-0.15, -0.1) is 0 Å². The Morgan fingerprint density at radius 3 is 2.57 bits per heavy atom. The zero-order valence-electron chi connectivity index (χ0n) is 14.0. The largest absolute Gasteiger partial charge is 0.481 e. The van der Waals surface area contributed by atoms with Crippen molar-refractivity contribution in [2.45, 2.75) is 44.9 Å². The van der Waals surface area contributed by atoms with E-state index in [4.69, 9.17) is 9.84 Å². The van der Waals surface area contributed by atoms with E-state index in [1.165, 1.54) is 4.90 Å². The minimum Gasteiger partial charge on any atom is -0.481 e. The molecule has 8 nitrogen and oxygen atoms in total. The highest BCUT2D eigenvalue weighted by Gasteiger charge is 2.47. The van der Waals surface area contributed by atoms with E-state index < -0.39 is 23.2 Å². The summed E-state index contributed by atoms with van der Waals surface area (Å²) in [6.45, 7) is 6.54. The highest BCUT2D eigenvalue weighted by Crippen LogP contribution is 2.27. The van der Waals surface area contributed by atoms with Gasteiger partial charge in [-0.3, -0.25) is 9.48 Å². The standard InChI is InChI=1S/C15H24N4O4/c1-14(2,3)23-13(22)19-9-15(10-19,5-12(20)21)16-6-11-7-17-18(4)8-11/h7-8,16H,5-6,9-10H2,1-4H3,(H,20,21). The summed E-state index contributed by atoms with van der Waals surface area (Å²) in [4.78, 5) is 24.7. The van der Waals surface area contributed by atoms with Gasteiger partial charge >= 0.3 is 12.1 Å². The number of hydrogen-bond donors (Lipinski definition) is 2. The fraction of sp³-hybridized carbons (Fsp3) is 0.667. The number of hydrogen-bond acceptors (Lipinski definition) is 5. The lowest BCUT2D eigenvalue weighted by Gasteiger charge is -2.49. The summed E-state index contributed by atoms with van der Waals surface area (Å²) in [5.41, 5.74) is -0.225. The van der Waals surface area contributed by atoms with Gasteiger partial charge in [0, 0.05) is 38.4 Å². The number of rotatable bonds is 5. The summed E-state index contributed by atoms with van der Waals surface area (Å²) in [5.74, 6) is -0.896. The van der Waals surface area contributed by atoms with Crippen molar-refractivity contribution in [3.8, 4) is 0 Å². The van der Waals surface area contributed by atoms with Crippen molar-refractivity contribution in [1.29, 1.82) is 0 Å². The molecular formula is C15H24N4O4. The highest BCUT2D eigenvalue weighted by molar-refractivity contribution is 5.73. The summed E-state index contributed by atoms with van der Waals surface area (Å²) in [6.07, 6.45) is 3.13. The van der Waals surface area contributed by atoms with Crippen LogP contribution in [0.4, 0.5) is 4.79 Å². The lowest BCUT2D eigenvalue weighted by Crippen LogP contribution is -2.71. The summed E-state index contributed by atoms with van der Waals surface area (Å²) in [7, 11) is 1.82. The second-order valence-corrected chi connectivity index (χ2v) is 7.06. The van der Waals surface area contributed by atoms with Crippen LogP contribution in [0, 0.1) is 0 Å². The maximum atomic E-state index is 12.0. The molecule has 1 aliphatic heterocycles. The first kappa shape index (κ1) is 17.3. The number of carbonyl (C=O) groups is 2. The van der Waals surface area contributed by atoms with Gasteiger partial charge in [-0.1, -0.05) is 0 Å². The lowest BCUT2D eigenvalue weighted by atomic mass is 9.86. The molecule has 0 aromatic carbocycles. The Bertz CT molecular complexity index is 585. The van der Waals surface area contributed by atoms with Crippen LogP contribution in [-0.4, -0.2) is 56.1 Å². The molecule has 0 saturated carbocycles. The number of carboxylic acids is 1. The van der Waals surface area contributed by atoms with Crippen molar-refractivity contribution in [1.82, 2.24) is 20.0 Å². The number of carboxylic acid groups (broad SMARTS) is 1. The second kappa shape index (κ2) is 6.19. The quantitative estimate of drug-likeness (QED) is 0.838. The summed E-state index contributed by atoms with van der Waals surface area (Å²) >= 11 is 0. The predicted molar refractivity (Wildman–Crippen MR) is 82.8 cm³/mol. The molecule has 1 aromatic rings. The predicted octanol–water partition coefficient (Wildman–Crippen LogP) is 0.974. The molecule has 128 valence electrons. The van der Waals surface area contributed by atoms with Gasteiger partial charge in [0.2, 0.25) is 0 Å². The SMILES string of the molecule is Cn1cc(CNC2(CC(=O)O)CN(C(=O)OC(C)(C)C)C2)cn1. The second-order valence-electron chi connectivity index (χ2n) is 7.06. The monoisotopic (exact) mass is 324 g/mol. The number of ether oxygens (including phenoxy) is 1. The van der Waals surface area contributed by atoms with Crippen LogP contribution in [0.15, 0.2) is 12.4 Å². The van der Waals surface area contributed by atoms with Crippen molar-refractivity contribution in [2.24, 2.45) is 7.05 Å². The van der Waals surface area contributed by atoms with Crippen molar-refractivity contribution in [3.63, 3.8) is 0 Å². The first-order valence-corrected chi connectivity index (χ1v) is 7.51. The normalized spacial score (nSPS) is 16.8. The number of amides is 1. The topological polar surface area (TPSA) is 96.7 Å². The molecule has 1 saturated heterocycles. The van der Waals surface area contributed by atoms with Crippen LogP contribution >= 0.6 is 0 Å². The van der Waals surface area contributed by atoms with E-state index in [9.17, 15) is 9.59 Å². The Kier molecular flexibility index (Phi) is 4.65. The first-order valence-electron chi connectivity index (χ1n) is 7.51.